The van der Waals surface area contributed by atoms with Crippen molar-refractivity contribution in [2.45, 2.75) is 24.6 Å². The Morgan fingerprint density at radius 3 is 2.85 bits per heavy atom. The van der Waals surface area contributed by atoms with Crippen molar-refractivity contribution < 1.29 is 4.74 Å². The third-order valence-electron chi connectivity index (χ3n) is 3.38. The van der Waals surface area contributed by atoms with Gasteiger partial charge in [-0.2, -0.15) is 0 Å². The van der Waals surface area contributed by atoms with E-state index in [-0.39, 0.29) is 0 Å². The smallest absolute Gasteiger partial charge is 0.0841 e. The minimum absolute atomic E-state index is 0.292. The third-order valence-corrected chi connectivity index (χ3v) is 3.38. The summed E-state index contributed by atoms with van der Waals surface area (Å²) in [5, 5.41) is 0. The summed E-state index contributed by atoms with van der Waals surface area (Å²) in [4.78, 5) is 0. The van der Waals surface area contributed by atoms with Crippen LogP contribution in [0.25, 0.3) is 0 Å². The minimum atomic E-state index is 0.292. The van der Waals surface area contributed by atoms with E-state index in [1.807, 2.05) is 12.1 Å². The van der Waals surface area contributed by atoms with Crippen LogP contribution >= 0.6 is 0 Å². The van der Waals surface area contributed by atoms with E-state index in [1.165, 1.54) is 0 Å². The van der Waals surface area contributed by atoms with Crippen LogP contribution in [0.5, 0.6) is 0 Å². The average Bonchev–Trinajstić information content (AvgIpc) is 2.73. The zero-order chi connectivity index (χ0) is 8.84. The van der Waals surface area contributed by atoms with Crippen LogP contribution in [0.2, 0.25) is 0 Å². The highest BCUT2D eigenvalue weighted by molar-refractivity contribution is 5.10. The van der Waals surface area contributed by atoms with Crippen molar-refractivity contribution in [3.8, 4) is 0 Å². The van der Waals surface area contributed by atoms with Crippen molar-refractivity contribution in [2.24, 2.45) is 11.7 Å². The molecule has 0 amide bonds. The van der Waals surface area contributed by atoms with Gasteiger partial charge in [-0.15, -0.1) is 0 Å². The molecule has 3 rings (SSSR count). The Balaban J connectivity index is 1.86. The summed E-state index contributed by atoms with van der Waals surface area (Å²) in [6.07, 6.45) is 5.66. The maximum Gasteiger partial charge on any atom is 0.0841 e. The Morgan fingerprint density at radius 2 is 2.08 bits per heavy atom. The highest BCUT2D eigenvalue weighted by Crippen LogP contribution is 2.45. The van der Waals surface area contributed by atoms with Gasteiger partial charge in [0.1, 0.15) is 0 Å². The second kappa shape index (κ2) is 2.59. The van der Waals surface area contributed by atoms with E-state index in [2.05, 4.69) is 17.0 Å². The number of aromatic nitrogens is 1. The Labute approximate surface area is 77.5 Å². The summed E-state index contributed by atoms with van der Waals surface area (Å²) in [6, 6.07) is 4.74. The van der Waals surface area contributed by atoms with Crippen molar-refractivity contribution in [1.82, 2.24) is 4.57 Å². The van der Waals surface area contributed by atoms with Crippen molar-refractivity contribution in [3.63, 3.8) is 0 Å². The van der Waals surface area contributed by atoms with Crippen molar-refractivity contribution >= 4 is 0 Å². The first-order valence-corrected chi connectivity index (χ1v) is 4.87. The molecule has 1 aliphatic heterocycles. The highest BCUT2D eigenvalue weighted by atomic mass is 16.5. The summed E-state index contributed by atoms with van der Waals surface area (Å²) in [5.74, 6) is 0.604. The Bertz CT molecular complexity index is 296. The number of hydrogen-bond acceptors (Lipinski definition) is 2. The van der Waals surface area contributed by atoms with Gasteiger partial charge in [-0.05, 0) is 18.6 Å². The number of hydrogen-bond donors (Lipinski definition) is 1. The van der Waals surface area contributed by atoms with Gasteiger partial charge < -0.3 is 15.0 Å². The quantitative estimate of drug-likeness (QED) is 0.690. The lowest BCUT2D eigenvalue weighted by molar-refractivity contribution is -0.0351. The molecule has 0 aromatic carbocycles. The number of rotatable bonds is 1. The fourth-order valence-electron chi connectivity index (χ4n) is 2.63. The van der Waals surface area contributed by atoms with Crippen LogP contribution in [0.4, 0.5) is 0 Å². The molecule has 2 heterocycles. The predicted molar refractivity (Wildman–Crippen MR) is 49.3 cm³/mol. The maximum atomic E-state index is 6.10. The molecular formula is C10H14N2O. The summed E-state index contributed by atoms with van der Waals surface area (Å²) in [7, 11) is 0. The van der Waals surface area contributed by atoms with Gasteiger partial charge in [-0.3, -0.25) is 0 Å². The summed E-state index contributed by atoms with van der Waals surface area (Å²) >= 11 is 0. The largest absolute Gasteiger partial charge is 0.376 e. The third kappa shape index (κ3) is 0.914. The Kier molecular flexibility index (Phi) is 1.51. The molecule has 2 aliphatic rings. The molecule has 1 aromatic rings. The van der Waals surface area contributed by atoms with Gasteiger partial charge in [0.05, 0.1) is 12.1 Å². The fraction of sp³-hybridized carbons (Fsp3) is 0.600. The molecule has 0 bridgehead atoms. The highest BCUT2D eigenvalue weighted by Gasteiger charge is 2.52. The lowest BCUT2D eigenvalue weighted by atomic mass is 9.72. The van der Waals surface area contributed by atoms with Crippen LogP contribution in [0.15, 0.2) is 24.5 Å². The zero-order valence-electron chi connectivity index (χ0n) is 7.47. The minimum Gasteiger partial charge on any atom is -0.376 e. The van der Waals surface area contributed by atoms with Gasteiger partial charge in [0.2, 0.25) is 0 Å². The van der Waals surface area contributed by atoms with E-state index >= 15 is 0 Å². The molecule has 4 unspecified atom stereocenters. The van der Waals surface area contributed by atoms with Crippen molar-refractivity contribution in [2.75, 3.05) is 6.61 Å². The molecule has 0 radical (unpaired) electrons. The van der Waals surface area contributed by atoms with Gasteiger partial charge in [0.25, 0.3) is 0 Å². The van der Waals surface area contributed by atoms with Gasteiger partial charge in [0.15, 0.2) is 0 Å². The zero-order valence-corrected chi connectivity index (χ0v) is 7.47. The van der Waals surface area contributed by atoms with Crippen molar-refractivity contribution in [3.05, 3.63) is 24.5 Å². The van der Waals surface area contributed by atoms with Crippen LogP contribution in [-0.2, 0) is 4.74 Å². The molecule has 13 heavy (non-hydrogen) atoms. The molecule has 0 spiro atoms. The summed E-state index contributed by atoms with van der Waals surface area (Å²) in [5.41, 5.74) is 6.10. The Morgan fingerprint density at radius 1 is 1.31 bits per heavy atom. The van der Waals surface area contributed by atoms with E-state index in [4.69, 9.17) is 10.5 Å². The molecule has 1 saturated carbocycles. The van der Waals surface area contributed by atoms with Gasteiger partial charge in [-0.25, -0.2) is 0 Å². The Hall–Kier alpha value is -0.800. The van der Waals surface area contributed by atoms with Gasteiger partial charge >= 0.3 is 0 Å². The predicted octanol–water partition coefficient (Wildman–Crippen LogP) is 0.775. The molecule has 3 heteroatoms. The van der Waals surface area contributed by atoms with Crippen LogP contribution in [-0.4, -0.2) is 23.3 Å². The molecular weight excluding hydrogens is 164 g/mol. The topological polar surface area (TPSA) is 40.2 Å². The lowest BCUT2D eigenvalue weighted by Crippen LogP contribution is -2.58. The maximum absolute atomic E-state index is 6.10. The number of nitrogens with two attached hydrogens (primary N) is 1. The van der Waals surface area contributed by atoms with Crippen LogP contribution in [0, 0.1) is 5.92 Å². The SMILES string of the molecule is NC1C2CCOC2C1n1cccc1. The van der Waals surface area contributed by atoms with Crippen LogP contribution < -0.4 is 5.73 Å². The summed E-state index contributed by atoms with van der Waals surface area (Å²) in [6.45, 7) is 0.890. The van der Waals surface area contributed by atoms with E-state index in [0.29, 0.717) is 24.1 Å². The van der Waals surface area contributed by atoms with Crippen LogP contribution in [0.1, 0.15) is 12.5 Å². The molecule has 1 aliphatic carbocycles. The number of ether oxygens (including phenoxy) is 1. The molecule has 3 nitrogen and oxygen atoms in total. The first kappa shape index (κ1) is 7.59. The van der Waals surface area contributed by atoms with E-state index < -0.39 is 0 Å². The molecule has 1 aromatic heterocycles. The van der Waals surface area contributed by atoms with Gasteiger partial charge in [0, 0.05) is 31.0 Å². The first-order chi connectivity index (χ1) is 6.38. The van der Waals surface area contributed by atoms with E-state index in [0.717, 1.165) is 13.0 Å². The molecule has 2 N–H and O–H groups in total. The van der Waals surface area contributed by atoms with E-state index in [9.17, 15) is 0 Å². The first-order valence-electron chi connectivity index (χ1n) is 4.87. The van der Waals surface area contributed by atoms with Gasteiger partial charge in [-0.1, -0.05) is 0 Å². The standard InChI is InChI=1S/C10H14N2O/c11-8-7-3-6-13-10(7)9(8)12-4-1-2-5-12/h1-2,4-5,7-10H,3,6,11H2. The van der Waals surface area contributed by atoms with E-state index in [1.54, 1.807) is 0 Å². The van der Waals surface area contributed by atoms with Crippen molar-refractivity contribution in [1.29, 1.82) is 0 Å². The second-order valence-corrected chi connectivity index (χ2v) is 3.99. The van der Waals surface area contributed by atoms with Crippen LogP contribution in [0.3, 0.4) is 0 Å². The molecule has 2 fully saturated rings. The lowest BCUT2D eigenvalue weighted by Gasteiger charge is -2.46. The molecule has 70 valence electrons. The second-order valence-electron chi connectivity index (χ2n) is 3.99. The fourth-order valence-corrected chi connectivity index (χ4v) is 2.63. The molecule has 4 atom stereocenters. The average molecular weight is 178 g/mol. The normalized spacial score (nSPS) is 42.8. The summed E-state index contributed by atoms with van der Waals surface area (Å²) < 4.78 is 7.84. The number of fused-ring (bicyclic) bond motifs is 1. The molecule has 1 saturated heterocycles. The monoisotopic (exact) mass is 178 g/mol. The number of nitrogens with zero attached hydrogens (tertiary/aromatic N) is 1.